The largest absolute Gasteiger partial charge is 0.463 e. The third-order valence-electron chi connectivity index (χ3n) is 6.38. The molecule has 0 saturated heterocycles. The third-order valence-corrected chi connectivity index (χ3v) is 6.38. The van der Waals surface area contributed by atoms with Crippen LogP contribution in [0.1, 0.15) is 57.0 Å². The highest BCUT2D eigenvalue weighted by Gasteiger charge is 2.54. The van der Waals surface area contributed by atoms with Crippen molar-refractivity contribution in [2.24, 2.45) is 23.2 Å². The zero-order valence-electron chi connectivity index (χ0n) is 14.1. The molecule has 0 aromatic carbocycles. The van der Waals surface area contributed by atoms with Gasteiger partial charge in [-0.3, -0.25) is 4.79 Å². The molecule has 0 radical (unpaired) electrons. The van der Waals surface area contributed by atoms with Crippen LogP contribution in [0.15, 0.2) is 16.5 Å². The Morgan fingerprint density at radius 2 is 1.83 bits per heavy atom. The zero-order chi connectivity index (χ0) is 16.2. The molecule has 2 N–H and O–H groups in total. The molecule has 1 amide bonds. The van der Waals surface area contributed by atoms with E-state index in [1.807, 2.05) is 13.0 Å². The molecule has 4 saturated carbocycles. The highest BCUT2D eigenvalue weighted by atomic mass is 16.4. The van der Waals surface area contributed by atoms with Crippen molar-refractivity contribution < 1.29 is 14.3 Å². The molecule has 0 aliphatic heterocycles. The highest BCUT2D eigenvalue weighted by Crippen LogP contribution is 2.60. The summed E-state index contributed by atoms with van der Waals surface area (Å²) in [5, 5.41) is 13.7. The van der Waals surface area contributed by atoms with Crippen LogP contribution < -0.4 is 5.32 Å². The summed E-state index contributed by atoms with van der Waals surface area (Å²) in [6.45, 7) is 3.76. The van der Waals surface area contributed by atoms with E-state index >= 15 is 0 Å². The lowest BCUT2D eigenvalue weighted by Gasteiger charge is -2.55. The summed E-state index contributed by atoms with van der Waals surface area (Å²) < 4.78 is 5.53. The first-order valence-corrected chi connectivity index (χ1v) is 8.94. The van der Waals surface area contributed by atoms with Crippen molar-refractivity contribution in [1.29, 1.82) is 0 Å². The number of amides is 1. The van der Waals surface area contributed by atoms with Gasteiger partial charge in [0.25, 0.3) is 0 Å². The van der Waals surface area contributed by atoms with E-state index in [0.29, 0.717) is 5.76 Å². The minimum atomic E-state index is -1.16. The Morgan fingerprint density at radius 3 is 2.30 bits per heavy atom. The summed E-state index contributed by atoms with van der Waals surface area (Å²) in [4.78, 5) is 12.9. The van der Waals surface area contributed by atoms with Crippen molar-refractivity contribution in [2.75, 3.05) is 6.54 Å². The minimum Gasteiger partial charge on any atom is -0.463 e. The highest BCUT2D eigenvalue weighted by molar-refractivity contribution is 5.83. The molecule has 4 nitrogen and oxygen atoms in total. The Bertz CT molecular complexity index is 581. The average molecular weight is 317 g/mol. The molecular formula is C19H27NO3. The number of aryl methyl sites for hydroxylation is 1. The van der Waals surface area contributed by atoms with Crippen molar-refractivity contribution >= 4 is 5.91 Å². The van der Waals surface area contributed by atoms with E-state index in [4.69, 9.17) is 4.42 Å². The van der Waals surface area contributed by atoms with Crippen molar-refractivity contribution in [3.63, 3.8) is 0 Å². The molecule has 0 spiro atoms. The van der Waals surface area contributed by atoms with Gasteiger partial charge in [-0.15, -0.1) is 0 Å². The SMILES string of the molecule is Cc1ccc(C(C)(O)CNC(=O)C23CC4CC(CC(C4)C2)C3)o1. The smallest absolute Gasteiger partial charge is 0.226 e. The molecule has 4 heteroatoms. The molecule has 1 unspecified atom stereocenters. The van der Waals surface area contributed by atoms with Crippen LogP contribution in [0.5, 0.6) is 0 Å². The fourth-order valence-corrected chi connectivity index (χ4v) is 5.64. The molecule has 5 rings (SSSR count). The van der Waals surface area contributed by atoms with Crippen molar-refractivity contribution in [1.82, 2.24) is 5.32 Å². The first-order valence-electron chi connectivity index (χ1n) is 8.94. The molecule has 1 aromatic rings. The second-order valence-corrected chi connectivity index (χ2v) is 8.56. The van der Waals surface area contributed by atoms with E-state index in [1.165, 1.54) is 19.3 Å². The van der Waals surface area contributed by atoms with Gasteiger partial charge < -0.3 is 14.8 Å². The van der Waals surface area contributed by atoms with E-state index in [0.717, 1.165) is 42.8 Å². The van der Waals surface area contributed by atoms with E-state index in [1.54, 1.807) is 13.0 Å². The lowest BCUT2D eigenvalue weighted by Crippen LogP contribution is -2.55. The van der Waals surface area contributed by atoms with Crippen LogP contribution in [-0.4, -0.2) is 17.6 Å². The molecule has 4 bridgehead atoms. The summed E-state index contributed by atoms with van der Waals surface area (Å²) in [5.74, 6) is 3.69. The number of nitrogens with one attached hydrogen (secondary N) is 1. The van der Waals surface area contributed by atoms with E-state index in [2.05, 4.69) is 5.32 Å². The lowest BCUT2D eigenvalue weighted by molar-refractivity contribution is -0.147. The Labute approximate surface area is 137 Å². The second kappa shape index (κ2) is 5.10. The monoisotopic (exact) mass is 317 g/mol. The molecule has 23 heavy (non-hydrogen) atoms. The van der Waals surface area contributed by atoms with Crippen LogP contribution in [0.25, 0.3) is 0 Å². The van der Waals surface area contributed by atoms with Crippen LogP contribution in [0.2, 0.25) is 0 Å². The summed E-state index contributed by atoms with van der Waals surface area (Å²) in [5.41, 5.74) is -1.32. The fourth-order valence-electron chi connectivity index (χ4n) is 5.64. The molecule has 1 atom stereocenters. The maximum absolute atomic E-state index is 12.9. The number of carbonyl (C=O) groups excluding carboxylic acids is 1. The Kier molecular flexibility index (Phi) is 3.38. The second-order valence-electron chi connectivity index (χ2n) is 8.56. The molecule has 4 fully saturated rings. The Balaban J connectivity index is 1.44. The van der Waals surface area contributed by atoms with E-state index in [9.17, 15) is 9.90 Å². The van der Waals surface area contributed by atoms with Gasteiger partial charge in [0.2, 0.25) is 5.91 Å². The van der Waals surface area contributed by atoms with Crippen molar-refractivity contribution in [3.05, 3.63) is 23.7 Å². The molecule has 4 aliphatic carbocycles. The number of aliphatic hydroxyl groups is 1. The zero-order valence-corrected chi connectivity index (χ0v) is 14.1. The number of carbonyl (C=O) groups is 1. The van der Waals surface area contributed by atoms with Crippen LogP contribution >= 0.6 is 0 Å². The predicted octanol–water partition coefficient (Wildman–Crippen LogP) is 3.13. The maximum Gasteiger partial charge on any atom is 0.226 e. The average Bonchev–Trinajstić information content (AvgIpc) is 2.91. The van der Waals surface area contributed by atoms with E-state index in [-0.39, 0.29) is 17.9 Å². The molecule has 1 heterocycles. The van der Waals surface area contributed by atoms with E-state index < -0.39 is 5.60 Å². The Hall–Kier alpha value is -1.29. The number of hydrogen-bond donors (Lipinski definition) is 2. The van der Waals surface area contributed by atoms with Crippen LogP contribution in [0, 0.1) is 30.1 Å². The molecular weight excluding hydrogens is 290 g/mol. The van der Waals surface area contributed by atoms with Gasteiger partial charge in [0.05, 0.1) is 6.54 Å². The topological polar surface area (TPSA) is 62.5 Å². The normalized spacial score (nSPS) is 37.6. The van der Waals surface area contributed by atoms with Gasteiger partial charge in [-0.25, -0.2) is 0 Å². The number of rotatable bonds is 4. The van der Waals surface area contributed by atoms with Gasteiger partial charge in [-0.2, -0.15) is 0 Å². The van der Waals surface area contributed by atoms with Crippen molar-refractivity contribution in [2.45, 2.75) is 58.0 Å². The van der Waals surface area contributed by atoms with Gasteiger partial charge in [0.15, 0.2) is 0 Å². The van der Waals surface area contributed by atoms with Crippen LogP contribution in [-0.2, 0) is 10.4 Å². The summed E-state index contributed by atoms with van der Waals surface area (Å²) in [6, 6.07) is 3.62. The van der Waals surface area contributed by atoms with Crippen molar-refractivity contribution in [3.8, 4) is 0 Å². The van der Waals surface area contributed by atoms with Crippen LogP contribution in [0.3, 0.4) is 0 Å². The lowest BCUT2D eigenvalue weighted by atomic mass is 9.49. The molecule has 1 aromatic heterocycles. The molecule has 126 valence electrons. The molecule has 4 aliphatic rings. The fraction of sp³-hybridized carbons (Fsp3) is 0.737. The Morgan fingerprint density at radius 1 is 1.26 bits per heavy atom. The maximum atomic E-state index is 12.9. The summed E-state index contributed by atoms with van der Waals surface area (Å²) >= 11 is 0. The first kappa shape index (κ1) is 15.3. The standard InChI is InChI=1S/C19H27NO3/c1-12-3-4-16(23-12)18(2,22)11-20-17(21)19-8-13-5-14(9-19)7-15(6-13)10-19/h3-4,13-15,22H,5-11H2,1-2H3,(H,20,21). The summed E-state index contributed by atoms with van der Waals surface area (Å²) in [7, 11) is 0. The van der Waals surface area contributed by atoms with Gasteiger partial charge >= 0.3 is 0 Å². The van der Waals surface area contributed by atoms with Crippen LogP contribution in [0.4, 0.5) is 0 Å². The van der Waals surface area contributed by atoms with Gasteiger partial charge in [0.1, 0.15) is 17.1 Å². The predicted molar refractivity (Wildman–Crippen MR) is 86.6 cm³/mol. The number of hydrogen-bond acceptors (Lipinski definition) is 3. The van der Waals surface area contributed by atoms with Gasteiger partial charge in [-0.05, 0) is 82.3 Å². The van der Waals surface area contributed by atoms with Gasteiger partial charge in [-0.1, -0.05) is 0 Å². The third kappa shape index (κ3) is 2.61. The van der Waals surface area contributed by atoms with Gasteiger partial charge in [0, 0.05) is 5.41 Å². The first-order chi connectivity index (χ1) is 10.9. The quantitative estimate of drug-likeness (QED) is 0.897. The summed E-state index contributed by atoms with van der Waals surface area (Å²) in [6.07, 6.45) is 7.13. The number of furan rings is 1. The minimum absolute atomic E-state index is 0.153.